The third-order valence-electron chi connectivity index (χ3n) is 4.86. The normalized spacial score (nSPS) is 16.6. The van der Waals surface area contributed by atoms with Crippen molar-refractivity contribution in [2.75, 3.05) is 25.1 Å². The van der Waals surface area contributed by atoms with E-state index in [0.717, 1.165) is 19.3 Å². The molecule has 0 amide bonds. The van der Waals surface area contributed by atoms with Crippen molar-refractivity contribution >= 4 is 17.4 Å². The van der Waals surface area contributed by atoms with E-state index < -0.39 is 11.8 Å². The molecule has 3 rings (SSSR count). The molecule has 3 heterocycles. The number of anilines is 1. The molecule has 0 spiro atoms. The molecule has 4 nitrogen and oxygen atoms in total. The molecule has 0 atom stereocenters. The van der Waals surface area contributed by atoms with Crippen LogP contribution in [0, 0.1) is 17.2 Å². The van der Waals surface area contributed by atoms with E-state index in [-0.39, 0.29) is 16.3 Å². The van der Waals surface area contributed by atoms with Gasteiger partial charge in [-0.2, -0.15) is 4.39 Å². The number of nitrogens with zero attached hydrogens (tertiary/aromatic N) is 2. The molecule has 0 unspecified atom stereocenters. The fourth-order valence-corrected chi connectivity index (χ4v) is 3.32. The Hall–Kier alpha value is -1.79. The van der Waals surface area contributed by atoms with Gasteiger partial charge in [0, 0.05) is 37.6 Å². The van der Waals surface area contributed by atoms with Crippen LogP contribution in [-0.2, 0) is 4.74 Å². The Labute approximate surface area is 150 Å². The van der Waals surface area contributed by atoms with E-state index in [9.17, 15) is 8.78 Å². The number of hydrogen-bond donors (Lipinski definition) is 1. The van der Waals surface area contributed by atoms with Crippen molar-refractivity contribution in [2.24, 2.45) is 5.41 Å². The van der Waals surface area contributed by atoms with Gasteiger partial charge in [0.1, 0.15) is 0 Å². The van der Waals surface area contributed by atoms with Crippen LogP contribution in [0.1, 0.15) is 26.2 Å². The molecule has 1 fully saturated rings. The van der Waals surface area contributed by atoms with Crippen LogP contribution in [0.3, 0.4) is 0 Å². The Morgan fingerprint density at radius 2 is 2.04 bits per heavy atom. The van der Waals surface area contributed by atoms with Crippen LogP contribution in [0.25, 0.3) is 11.3 Å². The summed E-state index contributed by atoms with van der Waals surface area (Å²) in [6.45, 7) is 4.16. The number of pyridine rings is 2. The van der Waals surface area contributed by atoms with Crippen LogP contribution in [0.15, 0.2) is 24.4 Å². The number of rotatable bonds is 5. The highest BCUT2D eigenvalue weighted by Crippen LogP contribution is 2.35. The second-order valence-corrected chi connectivity index (χ2v) is 6.74. The first-order chi connectivity index (χ1) is 12.0. The van der Waals surface area contributed by atoms with E-state index in [1.54, 1.807) is 6.07 Å². The topological polar surface area (TPSA) is 47.0 Å². The van der Waals surface area contributed by atoms with Crippen LogP contribution in [0.5, 0.6) is 0 Å². The fraction of sp³-hybridized carbons (Fsp3) is 0.444. The lowest BCUT2D eigenvalue weighted by atomic mass is 9.78. The molecule has 0 saturated carbocycles. The number of aromatic nitrogens is 2. The van der Waals surface area contributed by atoms with Gasteiger partial charge in [0.05, 0.1) is 10.7 Å². The molecule has 1 aliphatic heterocycles. The standard InChI is InChI=1S/C18H20ClF2N3O/c1-2-18(4-7-25-8-5-18)11-23-17-14(20)10-13(19)16(24-17)12-3-6-22-15(21)9-12/h3,6,9-10H,2,4-5,7-8,11H2,1H3,(H,23,24). The first-order valence-corrected chi connectivity index (χ1v) is 8.70. The zero-order valence-corrected chi connectivity index (χ0v) is 14.7. The molecule has 0 aromatic carbocycles. The molecule has 0 bridgehead atoms. The van der Waals surface area contributed by atoms with Gasteiger partial charge in [-0.25, -0.2) is 14.4 Å². The lowest BCUT2D eigenvalue weighted by Crippen LogP contribution is -2.35. The van der Waals surface area contributed by atoms with E-state index in [0.29, 0.717) is 31.0 Å². The van der Waals surface area contributed by atoms with Gasteiger partial charge in [-0.1, -0.05) is 18.5 Å². The SMILES string of the molecule is CCC1(CNc2nc(-c3ccnc(F)c3)c(Cl)cc2F)CCOCC1. The maximum absolute atomic E-state index is 14.3. The molecule has 1 aliphatic rings. The number of hydrogen-bond acceptors (Lipinski definition) is 4. The second-order valence-electron chi connectivity index (χ2n) is 6.34. The monoisotopic (exact) mass is 367 g/mol. The molecule has 2 aromatic heterocycles. The minimum atomic E-state index is -0.638. The van der Waals surface area contributed by atoms with Crippen molar-refractivity contribution in [3.8, 4) is 11.3 Å². The van der Waals surface area contributed by atoms with E-state index in [2.05, 4.69) is 22.2 Å². The Morgan fingerprint density at radius 1 is 1.28 bits per heavy atom. The van der Waals surface area contributed by atoms with Gasteiger partial charge in [0.15, 0.2) is 11.6 Å². The predicted octanol–water partition coefficient (Wildman–Crippen LogP) is 4.69. The number of nitrogens with one attached hydrogen (secondary N) is 1. The zero-order valence-electron chi connectivity index (χ0n) is 14.0. The third-order valence-corrected chi connectivity index (χ3v) is 5.15. The highest BCUT2D eigenvalue weighted by molar-refractivity contribution is 6.33. The number of halogens is 3. The van der Waals surface area contributed by atoms with Crippen molar-refractivity contribution in [3.63, 3.8) is 0 Å². The highest BCUT2D eigenvalue weighted by atomic mass is 35.5. The van der Waals surface area contributed by atoms with E-state index >= 15 is 0 Å². The van der Waals surface area contributed by atoms with Crippen molar-refractivity contribution in [2.45, 2.75) is 26.2 Å². The smallest absolute Gasteiger partial charge is 0.213 e. The Morgan fingerprint density at radius 3 is 2.72 bits per heavy atom. The van der Waals surface area contributed by atoms with Crippen molar-refractivity contribution < 1.29 is 13.5 Å². The third kappa shape index (κ3) is 4.07. The first kappa shape index (κ1) is 18.0. The minimum Gasteiger partial charge on any atom is -0.381 e. The van der Waals surface area contributed by atoms with Crippen LogP contribution in [0.4, 0.5) is 14.6 Å². The summed E-state index contributed by atoms with van der Waals surface area (Å²) in [6.07, 6.45) is 4.15. The Balaban J connectivity index is 1.85. The lowest BCUT2D eigenvalue weighted by Gasteiger charge is -2.36. The summed E-state index contributed by atoms with van der Waals surface area (Å²) in [5.41, 5.74) is 0.843. The average Bonchev–Trinajstić information content (AvgIpc) is 2.62. The average molecular weight is 368 g/mol. The van der Waals surface area contributed by atoms with Crippen LogP contribution in [-0.4, -0.2) is 29.7 Å². The summed E-state index contributed by atoms with van der Waals surface area (Å²) in [4.78, 5) is 7.80. The van der Waals surface area contributed by atoms with E-state index in [1.807, 2.05) is 0 Å². The van der Waals surface area contributed by atoms with Gasteiger partial charge in [0.25, 0.3) is 0 Å². The summed E-state index contributed by atoms with van der Waals surface area (Å²) in [6, 6.07) is 4.01. The van der Waals surface area contributed by atoms with Gasteiger partial charge in [-0.3, -0.25) is 0 Å². The summed E-state index contributed by atoms with van der Waals surface area (Å²) in [5.74, 6) is -1.04. The van der Waals surface area contributed by atoms with Gasteiger partial charge in [-0.05, 0) is 36.8 Å². The summed E-state index contributed by atoms with van der Waals surface area (Å²) >= 11 is 6.10. The van der Waals surface area contributed by atoms with Crippen LogP contribution < -0.4 is 5.32 Å². The second kappa shape index (κ2) is 7.62. The molecule has 1 saturated heterocycles. The summed E-state index contributed by atoms with van der Waals surface area (Å²) in [7, 11) is 0. The van der Waals surface area contributed by atoms with E-state index in [1.165, 1.54) is 18.3 Å². The maximum Gasteiger partial charge on any atom is 0.213 e. The molecule has 1 N–H and O–H groups in total. The molecule has 134 valence electrons. The van der Waals surface area contributed by atoms with Crippen LogP contribution in [0.2, 0.25) is 5.02 Å². The van der Waals surface area contributed by atoms with Gasteiger partial charge < -0.3 is 10.1 Å². The fourth-order valence-electron chi connectivity index (χ4n) is 3.07. The van der Waals surface area contributed by atoms with Gasteiger partial charge >= 0.3 is 0 Å². The minimum absolute atomic E-state index is 0.0644. The molecular formula is C18H20ClF2N3O. The Kier molecular flexibility index (Phi) is 5.49. The molecular weight excluding hydrogens is 348 g/mol. The molecule has 25 heavy (non-hydrogen) atoms. The quantitative estimate of drug-likeness (QED) is 0.778. The van der Waals surface area contributed by atoms with Crippen molar-refractivity contribution in [1.82, 2.24) is 9.97 Å². The summed E-state index contributed by atoms with van der Waals surface area (Å²) < 4.78 is 33.1. The number of ether oxygens (including phenoxy) is 1. The van der Waals surface area contributed by atoms with Crippen LogP contribution >= 0.6 is 11.6 Å². The molecule has 0 radical (unpaired) electrons. The highest BCUT2D eigenvalue weighted by Gasteiger charge is 2.31. The predicted molar refractivity (Wildman–Crippen MR) is 93.7 cm³/mol. The van der Waals surface area contributed by atoms with Gasteiger partial charge in [0.2, 0.25) is 5.95 Å². The van der Waals surface area contributed by atoms with Crippen molar-refractivity contribution in [3.05, 3.63) is 41.2 Å². The van der Waals surface area contributed by atoms with Gasteiger partial charge in [-0.15, -0.1) is 0 Å². The molecule has 7 heteroatoms. The largest absolute Gasteiger partial charge is 0.381 e. The van der Waals surface area contributed by atoms with E-state index in [4.69, 9.17) is 16.3 Å². The molecule has 0 aliphatic carbocycles. The zero-order chi connectivity index (χ0) is 17.9. The Bertz CT molecular complexity index is 751. The first-order valence-electron chi connectivity index (χ1n) is 8.32. The lowest BCUT2D eigenvalue weighted by molar-refractivity contribution is 0.0191. The van der Waals surface area contributed by atoms with Crippen molar-refractivity contribution in [1.29, 1.82) is 0 Å². The summed E-state index contributed by atoms with van der Waals surface area (Å²) in [5, 5.41) is 3.25. The maximum atomic E-state index is 14.3. The molecule has 2 aromatic rings.